The van der Waals surface area contributed by atoms with Gasteiger partial charge in [-0.15, -0.1) is 0 Å². The fraction of sp³-hybridized carbons (Fsp3) is 0.812. The third-order valence-corrected chi connectivity index (χ3v) is 5.15. The molecule has 1 saturated carbocycles. The fourth-order valence-corrected chi connectivity index (χ4v) is 3.95. The summed E-state index contributed by atoms with van der Waals surface area (Å²) in [6.07, 6.45) is 1.10. The minimum atomic E-state index is -2.61. The second kappa shape index (κ2) is 5.33. The van der Waals surface area contributed by atoms with Gasteiger partial charge in [0, 0.05) is 39.5 Å². The van der Waals surface area contributed by atoms with E-state index in [1.807, 2.05) is 30.8 Å². The van der Waals surface area contributed by atoms with Crippen LogP contribution in [0.2, 0.25) is 0 Å². The van der Waals surface area contributed by atoms with Gasteiger partial charge in [0.15, 0.2) is 0 Å². The van der Waals surface area contributed by atoms with Crippen molar-refractivity contribution in [3.8, 4) is 0 Å². The van der Waals surface area contributed by atoms with Crippen molar-refractivity contribution in [2.45, 2.75) is 51.5 Å². The van der Waals surface area contributed by atoms with Gasteiger partial charge < -0.3 is 15.2 Å². The molecule has 1 atom stereocenters. The van der Waals surface area contributed by atoms with Crippen molar-refractivity contribution < 1.29 is 13.6 Å². The lowest BCUT2D eigenvalue weighted by atomic mass is 9.87. The maximum atomic E-state index is 13.9. The van der Waals surface area contributed by atoms with Crippen molar-refractivity contribution >= 4 is 5.91 Å². The molecule has 1 fully saturated rings. The standard InChI is InChI=1S/C16H26F2N4O/c1-15(2)10-22(11-6-5-7-16(17,18)8-11)13-12(9-20(3)19-13)21(4)14(15)23/h11,19H,5-10H2,1-4H3. The molecular formula is C16H26F2N4O. The van der Waals surface area contributed by atoms with E-state index in [9.17, 15) is 13.6 Å². The topological polar surface area (TPSA) is 38.8 Å². The van der Waals surface area contributed by atoms with Crippen molar-refractivity contribution in [2.24, 2.45) is 5.41 Å². The first-order chi connectivity index (χ1) is 10.6. The molecule has 23 heavy (non-hydrogen) atoms. The number of alkyl halides is 2. The number of halogens is 2. The van der Waals surface area contributed by atoms with Gasteiger partial charge in [0.25, 0.3) is 0 Å². The van der Waals surface area contributed by atoms with Crippen molar-refractivity contribution in [3.05, 3.63) is 11.5 Å². The van der Waals surface area contributed by atoms with Gasteiger partial charge in [0.1, 0.15) is 5.82 Å². The first kappa shape index (κ1) is 16.5. The molecule has 1 unspecified atom stereocenters. The van der Waals surface area contributed by atoms with Gasteiger partial charge in [-0.05, 0) is 26.7 Å². The predicted octanol–water partition coefficient (Wildman–Crippen LogP) is 1.98. The number of carbonyl (C=O) groups is 1. The van der Waals surface area contributed by atoms with Crippen LogP contribution in [0.4, 0.5) is 8.78 Å². The van der Waals surface area contributed by atoms with Crippen LogP contribution in [-0.2, 0) is 4.79 Å². The quantitative estimate of drug-likeness (QED) is 0.799. The van der Waals surface area contributed by atoms with Gasteiger partial charge in [0.05, 0.1) is 17.7 Å². The van der Waals surface area contributed by atoms with Crippen LogP contribution in [0.15, 0.2) is 11.5 Å². The van der Waals surface area contributed by atoms with Crippen LogP contribution in [0.1, 0.15) is 39.5 Å². The Morgan fingerprint density at radius 3 is 2.61 bits per heavy atom. The van der Waals surface area contributed by atoms with Crippen LogP contribution >= 0.6 is 0 Å². The van der Waals surface area contributed by atoms with E-state index in [0.717, 1.165) is 17.9 Å². The number of likely N-dealkylation sites (N-methyl/N-ethyl adjacent to an activating group) is 2. The van der Waals surface area contributed by atoms with Crippen LogP contribution in [0.5, 0.6) is 0 Å². The monoisotopic (exact) mass is 328 g/mol. The molecule has 0 aromatic heterocycles. The molecule has 0 bridgehead atoms. The smallest absolute Gasteiger partial charge is 0.250 e. The zero-order valence-electron chi connectivity index (χ0n) is 14.3. The average Bonchev–Trinajstić information content (AvgIpc) is 2.81. The Hall–Kier alpha value is -1.37. The maximum Gasteiger partial charge on any atom is 0.250 e. The summed E-state index contributed by atoms with van der Waals surface area (Å²) in [6.45, 7) is 4.83. The van der Waals surface area contributed by atoms with Gasteiger partial charge in [-0.3, -0.25) is 4.79 Å². The molecule has 3 rings (SSSR count). The molecule has 7 heteroatoms. The van der Waals surface area contributed by atoms with Gasteiger partial charge in [-0.1, -0.05) is 0 Å². The number of amides is 1. The highest BCUT2D eigenvalue weighted by molar-refractivity contribution is 5.84. The molecule has 1 N–H and O–H groups in total. The molecule has 0 radical (unpaired) electrons. The van der Waals surface area contributed by atoms with E-state index in [1.54, 1.807) is 11.9 Å². The van der Waals surface area contributed by atoms with Crippen LogP contribution in [0, 0.1) is 5.41 Å². The zero-order valence-corrected chi connectivity index (χ0v) is 14.3. The highest BCUT2D eigenvalue weighted by atomic mass is 19.3. The average molecular weight is 328 g/mol. The number of carbonyl (C=O) groups excluding carboxylic acids is 1. The normalized spacial score (nSPS) is 31.0. The lowest BCUT2D eigenvalue weighted by molar-refractivity contribution is -0.137. The second-order valence-electron chi connectivity index (χ2n) is 7.75. The van der Waals surface area contributed by atoms with Crippen LogP contribution in [0.25, 0.3) is 0 Å². The Morgan fingerprint density at radius 2 is 1.96 bits per heavy atom. The number of nitrogens with one attached hydrogen (secondary N) is 1. The summed E-state index contributed by atoms with van der Waals surface area (Å²) in [6, 6.07) is -0.235. The van der Waals surface area contributed by atoms with E-state index < -0.39 is 11.3 Å². The summed E-state index contributed by atoms with van der Waals surface area (Å²) in [7, 11) is 3.67. The van der Waals surface area contributed by atoms with Crippen molar-refractivity contribution in [2.75, 3.05) is 27.2 Å². The molecule has 0 aromatic rings. The second-order valence-corrected chi connectivity index (χ2v) is 7.75. The van der Waals surface area contributed by atoms with E-state index in [1.165, 1.54) is 0 Å². The molecule has 0 aromatic carbocycles. The first-order valence-electron chi connectivity index (χ1n) is 8.24. The van der Waals surface area contributed by atoms with Crippen molar-refractivity contribution in [1.29, 1.82) is 0 Å². The van der Waals surface area contributed by atoms with E-state index >= 15 is 0 Å². The van der Waals surface area contributed by atoms with E-state index in [4.69, 9.17) is 0 Å². The Labute approximate surface area is 136 Å². The van der Waals surface area contributed by atoms with Gasteiger partial charge in [-0.25, -0.2) is 13.8 Å². The third kappa shape index (κ3) is 2.91. The molecule has 5 nitrogen and oxygen atoms in total. The summed E-state index contributed by atoms with van der Waals surface area (Å²) in [5, 5.41) is 1.89. The Kier molecular flexibility index (Phi) is 3.82. The lowest BCUT2D eigenvalue weighted by Gasteiger charge is -2.41. The van der Waals surface area contributed by atoms with Crippen molar-refractivity contribution in [1.82, 2.24) is 20.2 Å². The number of hydrogen-bond donors (Lipinski definition) is 1. The molecule has 130 valence electrons. The molecule has 0 spiro atoms. The Balaban J connectivity index is 1.97. The summed E-state index contributed by atoms with van der Waals surface area (Å²) < 4.78 is 27.9. The zero-order chi connectivity index (χ0) is 17.0. The lowest BCUT2D eigenvalue weighted by Crippen LogP contribution is -2.50. The number of hydrogen-bond acceptors (Lipinski definition) is 4. The first-order valence-corrected chi connectivity index (χ1v) is 8.24. The Morgan fingerprint density at radius 1 is 1.26 bits per heavy atom. The van der Waals surface area contributed by atoms with Crippen LogP contribution < -0.4 is 5.43 Å². The molecular weight excluding hydrogens is 302 g/mol. The Bertz CT molecular complexity index is 546. The van der Waals surface area contributed by atoms with E-state index in [-0.39, 0.29) is 24.8 Å². The third-order valence-electron chi connectivity index (χ3n) is 5.15. The highest BCUT2D eigenvalue weighted by Crippen LogP contribution is 2.40. The summed E-state index contributed by atoms with van der Waals surface area (Å²) in [5.74, 6) is -1.76. The van der Waals surface area contributed by atoms with Gasteiger partial charge >= 0.3 is 0 Å². The summed E-state index contributed by atoms with van der Waals surface area (Å²) >= 11 is 0. The minimum Gasteiger partial charge on any atom is -0.352 e. The number of hydrazine groups is 1. The molecule has 2 aliphatic heterocycles. The van der Waals surface area contributed by atoms with Gasteiger partial charge in [0.2, 0.25) is 11.8 Å². The molecule has 3 aliphatic rings. The molecule has 1 amide bonds. The van der Waals surface area contributed by atoms with Crippen LogP contribution in [-0.4, -0.2) is 59.9 Å². The maximum absolute atomic E-state index is 13.9. The van der Waals surface area contributed by atoms with Gasteiger partial charge in [-0.2, -0.15) is 0 Å². The largest absolute Gasteiger partial charge is 0.352 e. The van der Waals surface area contributed by atoms with Crippen LogP contribution in [0.3, 0.4) is 0 Å². The van der Waals surface area contributed by atoms with Crippen molar-refractivity contribution in [3.63, 3.8) is 0 Å². The number of rotatable bonds is 1. The predicted molar refractivity (Wildman–Crippen MR) is 83.3 cm³/mol. The minimum absolute atomic E-state index is 0.0290. The summed E-state index contributed by atoms with van der Waals surface area (Å²) in [4.78, 5) is 16.5. The van der Waals surface area contributed by atoms with E-state index in [0.29, 0.717) is 19.5 Å². The highest BCUT2D eigenvalue weighted by Gasteiger charge is 2.46. The molecule has 2 heterocycles. The fourth-order valence-electron chi connectivity index (χ4n) is 3.95. The SMILES string of the molecule is CN1CC2=C(N1)N(C1CCCC(F)(F)C1)CC(C)(C)C(=O)N2C. The number of nitrogens with zero attached hydrogens (tertiary/aromatic N) is 3. The summed E-state index contributed by atoms with van der Waals surface area (Å²) in [5.41, 5.74) is 3.53. The molecule has 1 aliphatic carbocycles. The van der Waals surface area contributed by atoms with E-state index in [2.05, 4.69) is 5.43 Å². The molecule has 0 saturated heterocycles.